The van der Waals surface area contributed by atoms with Gasteiger partial charge in [0.15, 0.2) is 0 Å². The smallest absolute Gasteiger partial charge is 0.127 e. The number of benzene rings is 4. The molecule has 3 heterocycles. The molecule has 0 aliphatic heterocycles. The summed E-state index contributed by atoms with van der Waals surface area (Å²) in [5.41, 5.74) is 9.43. The number of pyridine rings is 1. The molecule has 0 radical (unpaired) electrons. The zero-order valence-corrected chi connectivity index (χ0v) is 30.5. The van der Waals surface area contributed by atoms with E-state index in [1.807, 2.05) is 6.07 Å². The fourth-order valence-electron chi connectivity index (χ4n) is 6.76. The molecule has 0 saturated heterocycles. The Morgan fingerprint density at radius 2 is 1.08 bits per heavy atom. The number of hydrogen-bond acceptors (Lipinski definition) is 5. The second-order valence-electron chi connectivity index (χ2n) is 14.9. The van der Waals surface area contributed by atoms with Crippen LogP contribution < -0.4 is 0 Å². The van der Waals surface area contributed by atoms with Gasteiger partial charge < -0.3 is 10.2 Å². The Hall–Kier alpha value is -4.45. The summed E-state index contributed by atoms with van der Waals surface area (Å²) in [5, 5.41) is 25.3. The number of rotatable bonds is 4. The van der Waals surface area contributed by atoms with Crippen LogP contribution in [0.2, 0.25) is 0 Å². The van der Waals surface area contributed by atoms with Crippen LogP contribution in [0.15, 0.2) is 91.0 Å². The first-order chi connectivity index (χ1) is 22.7. The van der Waals surface area contributed by atoms with E-state index >= 15 is 0 Å². The first-order valence-corrected chi connectivity index (χ1v) is 18.1. The van der Waals surface area contributed by atoms with Crippen LogP contribution in [0.4, 0.5) is 0 Å². The molecule has 242 valence electrons. The highest BCUT2D eigenvalue weighted by atomic mass is 32.1. The van der Waals surface area contributed by atoms with Crippen LogP contribution in [0.25, 0.3) is 63.6 Å². The zero-order valence-electron chi connectivity index (χ0n) is 28.8. The van der Waals surface area contributed by atoms with Crippen molar-refractivity contribution < 1.29 is 10.2 Å². The lowest BCUT2D eigenvalue weighted by Gasteiger charge is -2.23. The van der Waals surface area contributed by atoms with Gasteiger partial charge in [0, 0.05) is 52.2 Å². The van der Waals surface area contributed by atoms with Gasteiger partial charge in [0.2, 0.25) is 0 Å². The van der Waals surface area contributed by atoms with Crippen molar-refractivity contribution in [1.29, 1.82) is 0 Å². The van der Waals surface area contributed by atoms with E-state index in [1.54, 1.807) is 22.7 Å². The third kappa shape index (κ3) is 5.49. The lowest BCUT2D eigenvalue weighted by molar-refractivity contribution is 0.446. The molecule has 3 aromatic heterocycles. The summed E-state index contributed by atoms with van der Waals surface area (Å²) in [6, 6.07) is 31.5. The van der Waals surface area contributed by atoms with Crippen molar-refractivity contribution in [3.05, 3.63) is 113 Å². The van der Waals surface area contributed by atoms with Crippen molar-refractivity contribution in [2.24, 2.45) is 0 Å². The van der Waals surface area contributed by atoms with Crippen LogP contribution in [0.5, 0.6) is 11.5 Å². The number of fused-ring (bicyclic) bond motifs is 2. The Bertz CT molecular complexity index is 2360. The van der Waals surface area contributed by atoms with E-state index in [-0.39, 0.29) is 10.8 Å². The average molecular weight is 668 g/mol. The summed E-state index contributed by atoms with van der Waals surface area (Å²) in [6.45, 7) is 17.0. The molecule has 0 spiro atoms. The molecule has 7 rings (SSSR count). The molecule has 0 aliphatic carbocycles. The van der Waals surface area contributed by atoms with Gasteiger partial charge in [-0.15, -0.1) is 22.7 Å². The van der Waals surface area contributed by atoms with Crippen LogP contribution in [-0.4, -0.2) is 15.2 Å². The molecule has 48 heavy (non-hydrogen) atoms. The van der Waals surface area contributed by atoms with Gasteiger partial charge in [-0.3, -0.25) is 0 Å². The molecule has 0 aliphatic rings. The highest BCUT2D eigenvalue weighted by Crippen LogP contribution is 2.51. The lowest BCUT2D eigenvalue weighted by atomic mass is 9.83. The number of phenolic OH excluding ortho intramolecular Hbond substituents is 2. The highest BCUT2D eigenvalue weighted by molar-refractivity contribution is 7.23. The molecule has 4 aromatic carbocycles. The van der Waals surface area contributed by atoms with Gasteiger partial charge in [-0.2, -0.15) is 0 Å². The molecule has 0 atom stereocenters. The molecule has 7 aromatic rings. The van der Waals surface area contributed by atoms with Gasteiger partial charge in [-0.25, -0.2) is 4.98 Å². The van der Waals surface area contributed by atoms with Gasteiger partial charge >= 0.3 is 0 Å². The number of aromatic hydroxyl groups is 2. The highest BCUT2D eigenvalue weighted by Gasteiger charge is 2.27. The SMILES string of the molecule is Cc1cc(-c2sc3ccccc3c2-c2cccc(-c3c(-c4cc(O)c(C(C)(C)C)cc4C)sc4ccccc34)n2)c(O)c(C(C)(C)C)c1. The third-order valence-electron chi connectivity index (χ3n) is 9.15. The number of nitrogens with zero attached hydrogens (tertiary/aromatic N) is 1. The maximum absolute atomic E-state index is 11.8. The largest absolute Gasteiger partial charge is 0.508 e. The molecule has 2 N–H and O–H groups in total. The minimum atomic E-state index is -0.214. The number of thiophene rings is 2. The second kappa shape index (κ2) is 11.6. The quantitative estimate of drug-likeness (QED) is 0.196. The molecule has 0 fully saturated rings. The number of aromatic nitrogens is 1. The van der Waals surface area contributed by atoms with Crippen LogP contribution in [0.3, 0.4) is 0 Å². The predicted octanol–water partition coefficient (Wildman–Crippen LogP) is 12.8. The maximum Gasteiger partial charge on any atom is 0.127 e. The summed E-state index contributed by atoms with van der Waals surface area (Å²) in [6.07, 6.45) is 0. The summed E-state index contributed by atoms with van der Waals surface area (Å²) in [4.78, 5) is 7.54. The van der Waals surface area contributed by atoms with Crippen LogP contribution in [0, 0.1) is 13.8 Å². The molecule has 5 heteroatoms. The van der Waals surface area contributed by atoms with Crippen molar-refractivity contribution in [2.45, 2.75) is 66.2 Å². The molecular weight excluding hydrogens is 627 g/mol. The van der Waals surface area contributed by atoms with Crippen LogP contribution in [-0.2, 0) is 10.8 Å². The Kier molecular flexibility index (Phi) is 7.77. The Balaban J connectivity index is 1.48. The monoisotopic (exact) mass is 667 g/mol. The van der Waals surface area contributed by atoms with E-state index in [1.165, 1.54) is 4.70 Å². The standard InChI is InChI=1S/C43H41NO2S2/c1-24-20-29(39(46)31(21-24)43(6,7)8)41-38(27-15-10-12-19-36(27)48-41)33-17-13-16-32(44-33)37-26-14-9-11-18-35(26)47-40(37)28-23-34(45)30(22-25(28)2)42(3,4)5/h9-23,45-46H,1-8H3. The van der Waals surface area contributed by atoms with Crippen LogP contribution >= 0.6 is 22.7 Å². The van der Waals surface area contributed by atoms with Gasteiger partial charge in [-0.05, 0) is 83.3 Å². The van der Waals surface area contributed by atoms with E-state index in [4.69, 9.17) is 4.98 Å². The summed E-state index contributed by atoms with van der Waals surface area (Å²) < 4.78 is 2.33. The van der Waals surface area contributed by atoms with E-state index in [0.29, 0.717) is 11.5 Å². The first kappa shape index (κ1) is 32.1. The van der Waals surface area contributed by atoms with Crippen molar-refractivity contribution >= 4 is 42.8 Å². The Morgan fingerprint density at radius 3 is 1.62 bits per heavy atom. The molecular formula is C43H41NO2S2. The normalized spacial score (nSPS) is 12.3. The van der Waals surface area contributed by atoms with Gasteiger partial charge in [0.25, 0.3) is 0 Å². The summed E-state index contributed by atoms with van der Waals surface area (Å²) in [7, 11) is 0. The topological polar surface area (TPSA) is 53.4 Å². The van der Waals surface area contributed by atoms with Crippen LogP contribution in [0.1, 0.15) is 63.8 Å². The second-order valence-corrected chi connectivity index (χ2v) is 17.0. The van der Waals surface area contributed by atoms with E-state index in [0.717, 1.165) is 81.1 Å². The molecule has 0 amide bonds. The minimum Gasteiger partial charge on any atom is -0.508 e. The lowest BCUT2D eigenvalue weighted by Crippen LogP contribution is -2.12. The first-order valence-electron chi connectivity index (χ1n) is 16.4. The Labute approximate surface area is 291 Å². The molecule has 0 bridgehead atoms. The fourth-order valence-corrected chi connectivity index (χ4v) is 9.28. The van der Waals surface area contributed by atoms with Crippen molar-refractivity contribution in [1.82, 2.24) is 4.98 Å². The fraction of sp³-hybridized carbons (Fsp3) is 0.233. The third-order valence-corrected chi connectivity index (χ3v) is 11.6. The Morgan fingerprint density at radius 1 is 0.562 bits per heavy atom. The molecule has 0 unspecified atom stereocenters. The number of hydrogen-bond donors (Lipinski definition) is 2. The number of aryl methyl sites for hydroxylation is 2. The van der Waals surface area contributed by atoms with Gasteiger partial charge in [-0.1, -0.05) is 96.1 Å². The van der Waals surface area contributed by atoms with E-state index in [2.05, 4.69) is 140 Å². The van der Waals surface area contributed by atoms with Gasteiger partial charge in [0.05, 0.1) is 11.4 Å². The zero-order chi connectivity index (χ0) is 34.1. The van der Waals surface area contributed by atoms with E-state index < -0.39 is 0 Å². The predicted molar refractivity (Wildman–Crippen MR) is 207 cm³/mol. The molecule has 0 saturated carbocycles. The maximum atomic E-state index is 11.8. The van der Waals surface area contributed by atoms with Gasteiger partial charge in [0.1, 0.15) is 11.5 Å². The van der Waals surface area contributed by atoms with E-state index in [9.17, 15) is 10.2 Å². The van der Waals surface area contributed by atoms with Crippen molar-refractivity contribution in [3.8, 4) is 54.9 Å². The number of phenols is 2. The van der Waals surface area contributed by atoms with Crippen molar-refractivity contribution in [3.63, 3.8) is 0 Å². The van der Waals surface area contributed by atoms with Crippen molar-refractivity contribution in [2.75, 3.05) is 0 Å². The minimum absolute atomic E-state index is 0.174. The average Bonchev–Trinajstić information content (AvgIpc) is 3.61. The molecule has 3 nitrogen and oxygen atoms in total. The summed E-state index contributed by atoms with van der Waals surface area (Å²) in [5.74, 6) is 0.646. The summed E-state index contributed by atoms with van der Waals surface area (Å²) >= 11 is 3.44.